The van der Waals surface area contributed by atoms with E-state index in [1.54, 1.807) is 0 Å². The van der Waals surface area contributed by atoms with Crippen molar-refractivity contribution in [3.63, 3.8) is 0 Å². The standard InChI is InChI=1S/C19H24N2O/c22-19(17-5-2-1-3-6-17)15-18-7-4-13-21(18)14-10-16-8-11-20-12-9-16/h1-3,5-6,8-9,11-12,18-19,22H,4,7,10,13-15H2/t18-,19+/m1/s1. The van der Waals surface area contributed by atoms with Gasteiger partial charge in [-0.25, -0.2) is 0 Å². The number of benzene rings is 1. The molecule has 3 rings (SSSR count). The van der Waals surface area contributed by atoms with Crippen LogP contribution in [0.1, 0.15) is 36.5 Å². The minimum atomic E-state index is -0.354. The topological polar surface area (TPSA) is 36.4 Å². The van der Waals surface area contributed by atoms with E-state index in [4.69, 9.17) is 0 Å². The molecular formula is C19H24N2O. The molecule has 0 spiro atoms. The molecule has 0 saturated carbocycles. The van der Waals surface area contributed by atoms with Crippen molar-refractivity contribution in [1.82, 2.24) is 9.88 Å². The third-order valence-electron chi connectivity index (χ3n) is 4.62. The fourth-order valence-electron chi connectivity index (χ4n) is 3.35. The Bertz CT molecular complexity index is 558. The summed E-state index contributed by atoms with van der Waals surface area (Å²) in [5.41, 5.74) is 2.37. The normalized spacial score (nSPS) is 20.1. The van der Waals surface area contributed by atoms with Gasteiger partial charge in [-0.1, -0.05) is 30.3 Å². The zero-order chi connectivity index (χ0) is 15.2. The summed E-state index contributed by atoms with van der Waals surface area (Å²) in [6.07, 6.45) is 7.68. The molecule has 2 aromatic rings. The monoisotopic (exact) mass is 296 g/mol. The highest BCUT2D eigenvalue weighted by Crippen LogP contribution is 2.27. The molecule has 1 N–H and O–H groups in total. The molecule has 1 aromatic heterocycles. The van der Waals surface area contributed by atoms with Gasteiger partial charge in [0.25, 0.3) is 0 Å². The van der Waals surface area contributed by atoms with Crippen molar-refractivity contribution in [3.05, 3.63) is 66.0 Å². The van der Waals surface area contributed by atoms with Gasteiger partial charge in [0.05, 0.1) is 6.10 Å². The number of rotatable bonds is 6. The molecule has 1 aliphatic heterocycles. The van der Waals surface area contributed by atoms with Gasteiger partial charge in [-0.3, -0.25) is 9.88 Å². The highest BCUT2D eigenvalue weighted by molar-refractivity contribution is 5.17. The quantitative estimate of drug-likeness (QED) is 0.889. The number of likely N-dealkylation sites (tertiary alicyclic amines) is 1. The smallest absolute Gasteiger partial charge is 0.0805 e. The summed E-state index contributed by atoms with van der Waals surface area (Å²) in [6, 6.07) is 14.7. The lowest BCUT2D eigenvalue weighted by Crippen LogP contribution is -2.32. The van der Waals surface area contributed by atoms with E-state index in [0.29, 0.717) is 6.04 Å². The maximum absolute atomic E-state index is 10.4. The number of aliphatic hydroxyl groups is 1. The van der Waals surface area contributed by atoms with E-state index in [-0.39, 0.29) is 6.10 Å². The third kappa shape index (κ3) is 3.93. The lowest BCUT2D eigenvalue weighted by atomic mass is 10.0. The van der Waals surface area contributed by atoms with Gasteiger partial charge in [0, 0.05) is 25.0 Å². The zero-order valence-electron chi connectivity index (χ0n) is 12.9. The maximum atomic E-state index is 10.4. The van der Waals surface area contributed by atoms with E-state index in [1.165, 1.54) is 18.4 Å². The van der Waals surface area contributed by atoms with Crippen LogP contribution in [0.5, 0.6) is 0 Å². The number of hydrogen-bond donors (Lipinski definition) is 1. The molecule has 0 bridgehead atoms. The van der Waals surface area contributed by atoms with Crippen molar-refractivity contribution in [2.24, 2.45) is 0 Å². The minimum Gasteiger partial charge on any atom is -0.388 e. The summed E-state index contributed by atoms with van der Waals surface area (Å²) >= 11 is 0. The SMILES string of the molecule is O[C@@H](C[C@H]1CCCN1CCc1ccncc1)c1ccccc1. The van der Waals surface area contributed by atoms with Crippen LogP contribution in [0.25, 0.3) is 0 Å². The molecule has 3 heteroatoms. The summed E-state index contributed by atoms with van der Waals surface area (Å²) in [7, 11) is 0. The lowest BCUT2D eigenvalue weighted by Gasteiger charge is -2.26. The van der Waals surface area contributed by atoms with E-state index in [1.807, 2.05) is 42.7 Å². The van der Waals surface area contributed by atoms with Crippen LogP contribution in [0.4, 0.5) is 0 Å². The van der Waals surface area contributed by atoms with Gasteiger partial charge in [0.1, 0.15) is 0 Å². The number of hydrogen-bond acceptors (Lipinski definition) is 3. The predicted octanol–water partition coefficient (Wildman–Crippen LogP) is 3.21. The molecule has 2 atom stereocenters. The minimum absolute atomic E-state index is 0.354. The highest BCUT2D eigenvalue weighted by Gasteiger charge is 2.26. The lowest BCUT2D eigenvalue weighted by molar-refractivity contribution is 0.121. The van der Waals surface area contributed by atoms with Crippen LogP contribution in [0.2, 0.25) is 0 Å². The summed E-state index contributed by atoms with van der Waals surface area (Å²) in [5.74, 6) is 0. The van der Waals surface area contributed by atoms with Crippen molar-refractivity contribution in [2.75, 3.05) is 13.1 Å². The van der Waals surface area contributed by atoms with E-state index in [9.17, 15) is 5.11 Å². The van der Waals surface area contributed by atoms with Crippen LogP contribution in [-0.4, -0.2) is 34.1 Å². The van der Waals surface area contributed by atoms with Crippen molar-refractivity contribution in [1.29, 1.82) is 0 Å². The Balaban J connectivity index is 1.54. The second-order valence-corrected chi connectivity index (χ2v) is 6.10. The van der Waals surface area contributed by atoms with Crippen LogP contribution in [0.15, 0.2) is 54.9 Å². The van der Waals surface area contributed by atoms with Crippen LogP contribution >= 0.6 is 0 Å². The molecule has 0 radical (unpaired) electrons. The summed E-state index contributed by atoms with van der Waals surface area (Å²) in [6.45, 7) is 2.22. The van der Waals surface area contributed by atoms with E-state index < -0.39 is 0 Å². The Hall–Kier alpha value is -1.71. The molecule has 2 heterocycles. The van der Waals surface area contributed by atoms with Crippen molar-refractivity contribution in [3.8, 4) is 0 Å². The average molecular weight is 296 g/mol. The first-order valence-electron chi connectivity index (χ1n) is 8.19. The predicted molar refractivity (Wildman–Crippen MR) is 88.6 cm³/mol. The molecule has 1 aliphatic rings. The molecule has 22 heavy (non-hydrogen) atoms. The number of aromatic nitrogens is 1. The first kappa shape index (κ1) is 15.2. The Labute approximate surface area is 132 Å². The molecule has 1 saturated heterocycles. The number of aliphatic hydroxyl groups excluding tert-OH is 1. The van der Waals surface area contributed by atoms with Crippen LogP contribution < -0.4 is 0 Å². The van der Waals surface area contributed by atoms with Gasteiger partial charge >= 0.3 is 0 Å². The van der Waals surface area contributed by atoms with Crippen LogP contribution in [0.3, 0.4) is 0 Å². The second kappa shape index (κ2) is 7.52. The first-order chi connectivity index (χ1) is 10.8. The fourth-order valence-corrected chi connectivity index (χ4v) is 3.35. The van der Waals surface area contributed by atoms with Gasteiger partial charge in [0.2, 0.25) is 0 Å². The molecule has 1 aromatic carbocycles. The third-order valence-corrected chi connectivity index (χ3v) is 4.62. The van der Waals surface area contributed by atoms with Crippen LogP contribution in [-0.2, 0) is 6.42 Å². The van der Waals surface area contributed by atoms with E-state index in [2.05, 4.69) is 22.0 Å². The molecule has 0 unspecified atom stereocenters. The summed E-state index contributed by atoms with van der Waals surface area (Å²) in [5, 5.41) is 10.4. The largest absolute Gasteiger partial charge is 0.388 e. The highest BCUT2D eigenvalue weighted by atomic mass is 16.3. The molecule has 1 fully saturated rings. The van der Waals surface area contributed by atoms with Gasteiger partial charge in [0.15, 0.2) is 0 Å². The van der Waals surface area contributed by atoms with Gasteiger partial charge in [-0.2, -0.15) is 0 Å². The Kier molecular flexibility index (Phi) is 5.20. The Morgan fingerprint density at radius 1 is 1.14 bits per heavy atom. The van der Waals surface area contributed by atoms with Crippen molar-refractivity contribution in [2.45, 2.75) is 37.8 Å². The van der Waals surface area contributed by atoms with Gasteiger partial charge in [-0.15, -0.1) is 0 Å². The molecule has 116 valence electrons. The van der Waals surface area contributed by atoms with Gasteiger partial charge < -0.3 is 5.11 Å². The summed E-state index contributed by atoms with van der Waals surface area (Å²) < 4.78 is 0. The van der Waals surface area contributed by atoms with E-state index >= 15 is 0 Å². The zero-order valence-corrected chi connectivity index (χ0v) is 12.9. The summed E-state index contributed by atoms with van der Waals surface area (Å²) in [4.78, 5) is 6.60. The average Bonchev–Trinajstić information content (AvgIpc) is 3.02. The van der Waals surface area contributed by atoms with E-state index in [0.717, 1.165) is 31.5 Å². The number of nitrogens with zero attached hydrogens (tertiary/aromatic N) is 2. The van der Waals surface area contributed by atoms with Crippen LogP contribution in [0, 0.1) is 0 Å². The second-order valence-electron chi connectivity index (χ2n) is 6.10. The maximum Gasteiger partial charge on any atom is 0.0805 e. The Morgan fingerprint density at radius 3 is 2.68 bits per heavy atom. The Morgan fingerprint density at radius 2 is 1.91 bits per heavy atom. The first-order valence-corrected chi connectivity index (χ1v) is 8.19. The number of pyridine rings is 1. The fraction of sp³-hybridized carbons (Fsp3) is 0.421. The molecule has 0 aliphatic carbocycles. The van der Waals surface area contributed by atoms with Gasteiger partial charge in [-0.05, 0) is 55.5 Å². The molecule has 0 amide bonds. The van der Waals surface area contributed by atoms with Crippen molar-refractivity contribution < 1.29 is 5.11 Å². The van der Waals surface area contributed by atoms with Crippen molar-refractivity contribution >= 4 is 0 Å². The molecule has 3 nitrogen and oxygen atoms in total. The molecular weight excluding hydrogens is 272 g/mol.